The Morgan fingerprint density at radius 1 is 0.690 bits per heavy atom. The summed E-state index contributed by atoms with van der Waals surface area (Å²) in [7, 11) is 9.78. The van der Waals surface area contributed by atoms with Crippen LogP contribution < -0.4 is 0 Å². The number of rotatable bonds is 6. The normalized spacial score (nSPS) is 10.9. The topological polar surface area (TPSA) is 40.5 Å². The molecule has 0 aromatic heterocycles. The van der Waals surface area contributed by atoms with Crippen LogP contribution in [0.25, 0.3) is 0 Å². The molecule has 0 fully saturated rings. The SMILES string of the molecule is CC(C)(Cl)CCc1ccccc1O.CC(C)(Cl)CCc1ccccc1O.[Cl][Ti][Cl]. The molecule has 0 saturated carbocycles. The molecule has 0 spiro atoms. The van der Waals surface area contributed by atoms with Crippen molar-refractivity contribution in [3.63, 3.8) is 0 Å². The molecule has 0 aliphatic rings. The van der Waals surface area contributed by atoms with Gasteiger partial charge < -0.3 is 10.2 Å². The van der Waals surface area contributed by atoms with Gasteiger partial charge in [0.05, 0.1) is 0 Å². The Hall–Kier alpha value is -0.0857. The van der Waals surface area contributed by atoms with Crippen LogP contribution in [0.2, 0.25) is 0 Å². The van der Waals surface area contributed by atoms with E-state index in [0.29, 0.717) is 11.5 Å². The molecule has 0 atom stereocenters. The first-order chi connectivity index (χ1) is 13.4. The molecule has 0 heterocycles. The van der Waals surface area contributed by atoms with E-state index in [4.69, 9.17) is 41.8 Å². The van der Waals surface area contributed by atoms with E-state index < -0.39 is 17.0 Å². The number of phenols is 2. The third kappa shape index (κ3) is 16.3. The summed E-state index contributed by atoms with van der Waals surface area (Å²) in [6.45, 7) is 7.92. The molecule has 0 radical (unpaired) electrons. The number of aryl methyl sites for hydroxylation is 2. The van der Waals surface area contributed by atoms with Gasteiger partial charge in [-0.15, -0.1) is 23.2 Å². The third-order valence-corrected chi connectivity index (χ3v) is 4.34. The molecule has 7 heteroatoms. The van der Waals surface area contributed by atoms with E-state index in [-0.39, 0.29) is 9.75 Å². The summed E-state index contributed by atoms with van der Waals surface area (Å²) in [6, 6.07) is 14.8. The Morgan fingerprint density at radius 2 is 0.966 bits per heavy atom. The molecule has 0 amide bonds. The van der Waals surface area contributed by atoms with Crippen molar-refractivity contribution in [3.05, 3.63) is 59.7 Å². The average molecular weight is 516 g/mol. The van der Waals surface area contributed by atoms with E-state index in [1.807, 2.05) is 64.1 Å². The quantitative estimate of drug-likeness (QED) is 0.301. The number of para-hydroxylation sites is 2. The van der Waals surface area contributed by atoms with E-state index in [0.717, 1.165) is 36.8 Å². The molecule has 2 aromatic rings. The zero-order chi connectivity index (χ0) is 22.5. The van der Waals surface area contributed by atoms with Crippen LogP contribution in [0.5, 0.6) is 11.5 Å². The van der Waals surface area contributed by atoms with Crippen molar-refractivity contribution in [1.82, 2.24) is 0 Å². The van der Waals surface area contributed by atoms with Crippen molar-refractivity contribution in [2.45, 2.75) is 63.1 Å². The van der Waals surface area contributed by atoms with Gasteiger partial charge in [0.2, 0.25) is 0 Å². The summed E-state index contributed by atoms with van der Waals surface area (Å²) in [4.78, 5) is -0.384. The Morgan fingerprint density at radius 3 is 1.21 bits per heavy atom. The maximum absolute atomic E-state index is 9.46. The Labute approximate surface area is 202 Å². The fourth-order valence-electron chi connectivity index (χ4n) is 2.31. The molecule has 2 nitrogen and oxygen atoms in total. The van der Waals surface area contributed by atoms with E-state index >= 15 is 0 Å². The fourth-order valence-corrected chi connectivity index (χ4v) is 2.50. The molecule has 29 heavy (non-hydrogen) atoms. The molecule has 0 bridgehead atoms. The van der Waals surface area contributed by atoms with Gasteiger partial charge in [-0.2, -0.15) is 0 Å². The van der Waals surface area contributed by atoms with Crippen molar-refractivity contribution in [1.29, 1.82) is 0 Å². The Bertz CT molecular complexity index is 638. The van der Waals surface area contributed by atoms with Gasteiger partial charge in [-0.05, 0) is 76.6 Å². The first-order valence-electron chi connectivity index (χ1n) is 9.27. The minimum atomic E-state index is -0.556. The number of hydrogen-bond acceptors (Lipinski definition) is 2. The first kappa shape index (κ1) is 28.9. The second-order valence-electron chi connectivity index (χ2n) is 7.77. The maximum atomic E-state index is 9.46. The number of halogens is 4. The predicted octanol–water partition coefficient (Wildman–Crippen LogP) is 8.06. The van der Waals surface area contributed by atoms with Gasteiger partial charge >= 0.3 is 35.6 Å². The molecular weight excluding hydrogens is 486 g/mol. The Balaban J connectivity index is 0.000000477. The molecule has 162 valence electrons. The van der Waals surface area contributed by atoms with Crippen LogP contribution in [0, 0.1) is 0 Å². The monoisotopic (exact) mass is 514 g/mol. The van der Waals surface area contributed by atoms with Crippen LogP contribution in [-0.2, 0) is 29.9 Å². The van der Waals surface area contributed by atoms with Crippen molar-refractivity contribution in [3.8, 4) is 11.5 Å². The summed E-state index contributed by atoms with van der Waals surface area (Å²) in [5, 5.41) is 18.9. The molecule has 2 aromatic carbocycles. The summed E-state index contributed by atoms with van der Waals surface area (Å²) >= 11 is 11.6. The molecule has 0 saturated heterocycles. The zero-order valence-corrected chi connectivity index (χ0v) is 21.9. The number of benzene rings is 2. The fraction of sp³-hybridized carbons (Fsp3) is 0.455. The van der Waals surface area contributed by atoms with Gasteiger partial charge in [-0.3, -0.25) is 0 Å². The summed E-state index contributed by atoms with van der Waals surface area (Å²) < 4.78 is 0. The van der Waals surface area contributed by atoms with E-state index in [1.165, 1.54) is 0 Å². The van der Waals surface area contributed by atoms with E-state index in [2.05, 4.69) is 0 Å². The van der Waals surface area contributed by atoms with Crippen LogP contribution in [0.15, 0.2) is 48.5 Å². The van der Waals surface area contributed by atoms with Crippen LogP contribution in [0.3, 0.4) is 0 Å². The minimum absolute atomic E-state index is 0.192. The first-order valence-corrected chi connectivity index (χ1v) is 14.3. The Kier molecular flexibility index (Phi) is 14.8. The van der Waals surface area contributed by atoms with Gasteiger partial charge in [0, 0.05) is 9.75 Å². The van der Waals surface area contributed by atoms with Crippen molar-refractivity contribution < 1.29 is 27.2 Å². The summed E-state index contributed by atoms with van der Waals surface area (Å²) in [5.74, 6) is 0.729. The van der Waals surface area contributed by atoms with Gasteiger partial charge in [0.25, 0.3) is 0 Å². The van der Waals surface area contributed by atoms with Crippen LogP contribution in [-0.4, -0.2) is 20.0 Å². The molecule has 0 aliphatic carbocycles. The number of aromatic hydroxyl groups is 2. The van der Waals surface area contributed by atoms with Gasteiger partial charge in [0.1, 0.15) is 11.5 Å². The molecule has 2 N–H and O–H groups in total. The molecular formula is C22H30Cl4O2Ti. The average Bonchev–Trinajstić information content (AvgIpc) is 2.60. The second kappa shape index (κ2) is 14.8. The standard InChI is InChI=1S/2C11H15ClO.2ClH.Ti/c2*1-11(2,12)8-7-9-5-3-4-6-10(9)13;;;/h2*3-6,13H,7-8H2,1-2H3;2*1H;/q;;;;+2/p-2. The number of phenolic OH excluding ortho intramolecular Hbond substituents is 2. The predicted molar refractivity (Wildman–Crippen MR) is 124 cm³/mol. The van der Waals surface area contributed by atoms with Gasteiger partial charge in [-0.25, -0.2) is 0 Å². The van der Waals surface area contributed by atoms with Crippen molar-refractivity contribution >= 4 is 41.8 Å². The van der Waals surface area contributed by atoms with Crippen LogP contribution in [0.1, 0.15) is 51.7 Å². The zero-order valence-electron chi connectivity index (χ0n) is 17.4. The second-order valence-corrected chi connectivity index (χ2v) is 12.4. The van der Waals surface area contributed by atoms with Gasteiger partial charge in [-0.1, -0.05) is 36.4 Å². The molecule has 0 unspecified atom stereocenters. The van der Waals surface area contributed by atoms with Crippen molar-refractivity contribution in [2.75, 3.05) is 0 Å². The molecule has 2 rings (SSSR count). The van der Waals surface area contributed by atoms with E-state index in [9.17, 15) is 10.2 Å². The number of hydrogen-bond donors (Lipinski definition) is 2. The third-order valence-electron chi connectivity index (χ3n) is 3.96. The van der Waals surface area contributed by atoms with E-state index in [1.54, 1.807) is 12.1 Å². The van der Waals surface area contributed by atoms with Crippen LogP contribution >= 0.6 is 41.8 Å². The van der Waals surface area contributed by atoms with Gasteiger partial charge in [0.15, 0.2) is 0 Å². The van der Waals surface area contributed by atoms with Crippen molar-refractivity contribution in [2.24, 2.45) is 0 Å². The summed E-state index contributed by atoms with van der Waals surface area (Å²) in [6.07, 6.45) is 3.38. The van der Waals surface area contributed by atoms with Crippen LogP contribution in [0.4, 0.5) is 0 Å². The number of alkyl halides is 2. The summed E-state index contributed by atoms with van der Waals surface area (Å²) in [5.41, 5.74) is 1.94. The molecule has 0 aliphatic heterocycles.